The van der Waals surface area contributed by atoms with E-state index in [9.17, 15) is 0 Å². The van der Waals surface area contributed by atoms with E-state index in [0.717, 1.165) is 0 Å². The standard InChI is InChI=1S/C7H16BrP/c1-7(2,3)5-6-9(4)8/h5-6H2,1-4H3. The monoisotopic (exact) mass is 210 g/mol. The van der Waals surface area contributed by atoms with Crippen molar-refractivity contribution in [3.63, 3.8) is 0 Å². The van der Waals surface area contributed by atoms with Crippen LogP contribution in [0, 0.1) is 5.41 Å². The lowest BCUT2D eigenvalue weighted by molar-refractivity contribution is 0.401. The Morgan fingerprint density at radius 1 is 1.33 bits per heavy atom. The molecule has 0 aliphatic rings. The quantitative estimate of drug-likeness (QED) is 0.608. The van der Waals surface area contributed by atoms with Gasteiger partial charge in [-0.05, 0) is 31.3 Å². The highest BCUT2D eigenvalue weighted by molar-refractivity contribution is 9.39. The van der Waals surface area contributed by atoms with E-state index in [1.807, 2.05) is 0 Å². The first kappa shape index (κ1) is 9.91. The molecule has 1 unspecified atom stereocenters. The zero-order valence-electron chi connectivity index (χ0n) is 6.74. The molecule has 2 heteroatoms. The van der Waals surface area contributed by atoms with Crippen LogP contribution in [-0.2, 0) is 0 Å². The highest BCUT2D eigenvalue weighted by Gasteiger charge is 2.10. The summed E-state index contributed by atoms with van der Waals surface area (Å²) in [5.74, 6) is 0. The first-order valence-corrected chi connectivity index (χ1v) is 7.28. The smallest absolute Gasteiger partial charge is 0.0225 e. The SMILES string of the molecule is CP(Br)CCC(C)(C)C. The van der Waals surface area contributed by atoms with Crippen LogP contribution in [0.3, 0.4) is 0 Å². The molecule has 0 nitrogen and oxygen atoms in total. The van der Waals surface area contributed by atoms with Crippen LogP contribution < -0.4 is 0 Å². The summed E-state index contributed by atoms with van der Waals surface area (Å²) in [5.41, 5.74) is 0.518. The Balaban J connectivity index is 3.28. The van der Waals surface area contributed by atoms with Crippen molar-refractivity contribution in [2.45, 2.75) is 27.2 Å². The van der Waals surface area contributed by atoms with Gasteiger partial charge in [0.05, 0.1) is 0 Å². The van der Waals surface area contributed by atoms with E-state index in [4.69, 9.17) is 0 Å². The minimum atomic E-state index is 0.148. The molecule has 0 N–H and O–H groups in total. The van der Waals surface area contributed by atoms with Crippen molar-refractivity contribution in [3.8, 4) is 0 Å². The normalized spacial score (nSPS) is 15.7. The molecule has 0 aliphatic carbocycles. The lowest BCUT2D eigenvalue weighted by Crippen LogP contribution is -2.05. The molecule has 1 atom stereocenters. The number of rotatable bonds is 2. The van der Waals surface area contributed by atoms with Gasteiger partial charge in [0.15, 0.2) is 0 Å². The second-order valence-corrected chi connectivity index (χ2v) is 8.93. The summed E-state index contributed by atoms with van der Waals surface area (Å²) in [6.45, 7) is 9.28. The van der Waals surface area contributed by atoms with E-state index >= 15 is 0 Å². The molecule has 56 valence electrons. The maximum absolute atomic E-state index is 3.59. The van der Waals surface area contributed by atoms with Crippen molar-refractivity contribution in [2.24, 2.45) is 5.41 Å². The third kappa shape index (κ3) is 8.91. The van der Waals surface area contributed by atoms with Crippen LogP contribution in [0.25, 0.3) is 0 Å². The van der Waals surface area contributed by atoms with Gasteiger partial charge in [0, 0.05) is 0 Å². The molecule has 0 saturated carbocycles. The van der Waals surface area contributed by atoms with Crippen LogP contribution in [0.5, 0.6) is 0 Å². The minimum absolute atomic E-state index is 0.148. The predicted molar refractivity (Wildman–Crippen MR) is 50.7 cm³/mol. The molecule has 0 rings (SSSR count). The summed E-state index contributed by atoms with van der Waals surface area (Å²) in [4.78, 5) is 0. The summed E-state index contributed by atoms with van der Waals surface area (Å²) in [6, 6.07) is 0. The third-order valence-electron chi connectivity index (χ3n) is 1.17. The molecule has 0 heterocycles. The minimum Gasteiger partial charge on any atom is -0.0608 e. The highest BCUT2D eigenvalue weighted by Crippen LogP contribution is 2.42. The van der Waals surface area contributed by atoms with Crippen LogP contribution in [0.1, 0.15) is 27.2 Å². The number of hydrogen-bond donors (Lipinski definition) is 0. The highest BCUT2D eigenvalue weighted by atomic mass is 79.9. The molecule has 0 fully saturated rings. The maximum Gasteiger partial charge on any atom is -0.0225 e. The van der Waals surface area contributed by atoms with Crippen molar-refractivity contribution in [3.05, 3.63) is 0 Å². The maximum atomic E-state index is 3.59. The van der Waals surface area contributed by atoms with E-state index in [1.165, 1.54) is 12.6 Å². The zero-order chi connectivity index (χ0) is 7.49. The Hall–Kier alpha value is 0.910. The second-order valence-electron chi connectivity index (χ2n) is 3.64. The Morgan fingerprint density at radius 3 is 1.89 bits per heavy atom. The lowest BCUT2D eigenvalue weighted by atomic mass is 9.94. The fourth-order valence-corrected chi connectivity index (χ4v) is 2.00. The fourth-order valence-electron chi connectivity index (χ4n) is 0.489. The molecule has 0 bridgehead atoms. The Labute approximate surface area is 67.9 Å². The summed E-state index contributed by atoms with van der Waals surface area (Å²) in [5, 5.41) is 0. The molecule has 9 heavy (non-hydrogen) atoms. The van der Waals surface area contributed by atoms with Crippen molar-refractivity contribution in [1.29, 1.82) is 0 Å². The van der Waals surface area contributed by atoms with Crippen LogP contribution in [0.15, 0.2) is 0 Å². The van der Waals surface area contributed by atoms with Crippen molar-refractivity contribution < 1.29 is 0 Å². The Bertz CT molecular complexity index is 73.5. The summed E-state index contributed by atoms with van der Waals surface area (Å²) in [6.07, 6.45) is 2.68. The number of halogens is 1. The van der Waals surface area contributed by atoms with Crippen LogP contribution in [0.4, 0.5) is 0 Å². The summed E-state index contributed by atoms with van der Waals surface area (Å²) >= 11 is 3.59. The molecule has 0 aromatic carbocycles. The largest absolute Gasteiger partial charge is 0.0608 e. The average molecular weight is 211 g/mol. The summed E-state index contributed by atoms with van der Waals surface area (Å²) < 4.78 is 0. The van der Waals surface area contributed by atoms with Gasteiger partial charge in [-0.25, -0.2) is 0 Å². The van der Waals surface area contributed by atoms with Gasteiger partial charge in [0.1, 0.15) is 0 Å². The molecule has 0 aliphatic heterocycles. The molecule has 0 spiro atoms. The zero-order valence-corrected chi connectivity index (χ0v) is 9.22. The molecular weight excluding hydrogens is 195 g/mol. The van der Waals surface area contributed by atoms with Gasteiger partial charge < -0.3 is 0 Å². The average Bonchev–Trinajstić information content (AvgIpc) is 1.59. The van der Waals surface area contributed by atoms with Gasteiger partial charge in [-0.15, -0.1) is 0 Å². The second kappa shape index (κ2) is 3.93. The van der Waals surface area contributed by atoms with E-state index in [-0.39, 0.29) is 6.62 Å². The Morgan fingerprint density at radius 2 is 1.78 bits per heavy atom. The molecule has 0 saturated heterocycles. The fraction of sp³-hybridized carbons (Fsp3) is 1.00. The van der Waals surface area contributed by atoms with E-state index in [0.29, 0.717) is 5.41 Å². The first-order chi connectivity index (χ1) is 3.92. The molecular formula is C7H16BrP. The lowest BCUT2D eigenvalue weighted by Gasteiger charge is -2.18. The predicted octanol–water partition coefficient (Wildman–Crippen LogP) is 3.84. The van der Waals surface area contributed by atoms with Gasteiger partial charge in [0.2, 0.25) is 0 Å². The van der Waals surface area contributed by atoms with E-state index in [1.54, 1.807) is 0 Å². The van der Waals surface area contributed by atoms with Crippen molar-refractivity contribution in [1.82, 2.24) is 0 Å². The summed E-state index contributed by atoms with van der Waals surface area (Å²) in [7, 11) is 0. The van der Waals surface area contributed by atoms with E-state index in [2.05, 4.69) is 42.9 Å². The van der Waals surface area contributed by atoms with Crippen LogP contribution in [0.2, 0.25) is 0 Å². The van der Waals surface area contributed by atoms with Crippen LogP contribution in [-0.4, -0.2) is 12.8 Å². The number of hydrogen-bond acceptors (Lipinski definition) is 0. The molecule has 0 radical (unpaired) electrons. The van der Waals surface area contributed by atoms with Gasteiger partial charge in [-0.3, -0.25) is 0 Å². The Kier molecular flexibility index (Phi) is 4.33. The molecule has 0 aromatic heterocycles. The van der Waals surface area contributed by atoms with E-state index < -0.39 is 0 Å². The van der Waals surface area contributed by atoms with Crippen molar-refractivity contribution in [2.75, 3.05) is 12.8 Å². The van der Waals surface area contributed by atoms with Gasteiger partial charge in [0.25, 0.3) is 0 Å². The first-order valence-electron chi connectivity index (χ1n) is 3.29. The van der Waals surface area contributed by atoms with Gasteiger partial charge >= 0.3 is 0 Å². The van der Waals surface area contributed by atoms with Crippen LogP contribution >= 0.6 is 22.1 Å². The third-order valence-corrected chi connectivity index (χ3v) is 3.07. The topological polar surface area (TPSA) is 0 Å². The van der Waals surface area contributed by atoms with Crippen molar-refractivity contribution >= 4 is 22.1 Å². The molecule has 0 amide bonds. The van der Waals surface area contributed by atoms with Gasteiger partial charge in [-0.1, -0.05) is 36.3 Å². The molecule has 0 aromatic rings. The van der Waals surface area contributed by atoms with Gasteiger partial charge in [-0.2, -0.15) is 0 Å².